The second kappa shape index (κ2) is 10.5. The van der Waals surface area contributed by atoms with Gasteiger partial charge < -0.3 is 15.2 Å². The van der Waals surface area contributed by atoms with Gasteiger partial charge in [-0.1, -0.05) is 68.4 Å². The summed E-state index contributed by atoms with van der Waals surface area (Å²) in [6.45, 7) is 3.15. The zero-order valence-electron chi connectivity index (χ0n) is 20.8. The number of fused-ring (bicyclic) bond motifs is 3. The van der Waals surface area contributed by atoms with E-state index < -0.39 is 41.0 Å². The van der Waals surface area contributed by atoms with Gasteiger partial charge in [0.1, 0.15) is 12.4 Å². The molecule has 0 saturated heterocycles. The standard InChI is InChI=1S/C29H27F4NO4/c1-28(2,24(26(35)36)14-17-11-12-25(30)23(13-17)29(31,32)33)16-34-27(37)38-15-22-20-9-5-3-7-18(20)19-8-4-6-10-21(19)22/h3-13,22,24H,14-16H2,1-2H3,(H,34,37)(H,35,36)/t24-/m1/s1. The zero-order chi connectivity index (χ0) is 27.7. The van der Waals surface area contributed by atoms with E-state index in [0.29, 0.717) is 12.1 Å². The molecule has 2 N–H and O–H groups in total. The Labute approximate surface area is 217 Å². The number of carbonyl (C=O) groups is 2. The SMILES string of the molecule is CC(C)(CNC(=O)OCC1c2ccccc2-c2ccccc21)[C@H](Cc1ccc(F)c(C(F)(F)F)c1)C(=O)O. The van der Waals surface area contributed by atoms with E-state index >= 15 is 0 Å². The molecule has 0 spiro atoms. The molecule has 5 nitrogen and oxygen atoms in total. The summed E-state index contributed by atoms with van der Waals surface area (Å²) in [5, 5.41) is 12.4. The van der Waals surface area contributed by atoms with Gasteiger partial charge in [-0.3, -0.25) is 4.79 Å². The van der Waals surface area contributed by atoms with E-state index in [0.717, 1.165) is 28.3 Å². The molecule has 1 aliphatic rings. The molecule has 3 aromatic carbocycles. The van der Waals surface area contributed by atoms with Crippen LogP contribution in [0.5, 0.6) is 0 Å². The molecule has 1 atom stereocenters. The lowest BCUT2D eigenvalue weighted by atomic mass is 9.75. The highest BCUT2D eigenvalue weighted by Crippen LogP contribution is 2.44. The first-order valence-electron chi connectivity index (χ1n) is 12.1. The topological polar surface area (TPSA) is 75.6 Å². The fraction of sp³-hybridized carbons (Fsp3) is 0.310. The number of hydrogen-bond donors (Lipinski definition) is 2. The van der Waals surface area contributed by atoms with E-state index in [9.17, 15) is 32.3 Å². The minimum Gasteiger partial charge on any atom is -0.481 e. The van der Waals surface area contributed by atoms with Crippen molar-refractivity contribution in [3.05, 3.63) is 94.8 Å². The molecule has 200 valence electrons. The Hall–Kier alpha value is -3.88. The summed E-state index contributed by atoms with van der Waals surface area (Å²) in [5.74, 6) is -3.98. The Morgan fingerprint density at radius 2 is 1.55 bits per heavy atom. The van der Waals surface area contributed by atoms with E-state index in [1.165, 1.54) is 0 Å². The fourth-order valence-corrected chi connectivity index (χ4v) is 4.92. The number of hydrogen-bond acceptors (Lipinski definition) is 3. The van der Waals surface area contributed by atoms with E-state index in [4.69, 9.17) is 4.74 Å². The molecule has 9 heteroatoms. The third-order valence-electron chi connectivity index (χ3n) is 7.05. The van der Waals surface area contributed by atoms with Gasteiger partial charge in [0.05, 0.1) is 11.5 Å². The van der Waals surface area contributed by atoms with Crippen molar-refractivity contribution < 1.29 is 37.0 Å². The van der Waals surface area contributed by atoms with Gasteiger partial charge in [0, 0.05) is 12.5 Å². The van der Waals surface area contributed by atoms with Gasteiger partial charge in [0.15, 0.2) is 0 Å². The maximum atomic E-state index is 13.7. The Balaban J connectivity index is 1.40. The van der Waals surface area contributed by atoms with E-state index in [2.05, 4.69) is 5.32 Å². The van der Waals surface area contributed by atoms with Crippen LogP contribution >= 0.6 is 0 Å². The summed E-state index contributed by atoms with van der Waals surface area (Å²) in [7, 11) is 0. The highest BCUT2D eigenvalue weighted by molar-refractivity contribution is 5.79. The quantitative estimate of drug-likeness (QED) is 0.320. The first kappa shape index (κ1) is 27.2. The van der Waals surface area contributed by atoms with Crippen LogP contribution in [0.4, 0.5) is 22.4 Å². The van der Waals surface area contributed by atoms with Crippen LogP contribution in [0.2, 0.25) is 0 Å². The Morgan fingerprint density at radius 1 is 0.974 bits per heavy atom. The summed E-state index contributed by atoms with van der Waals surface area (Å²) < 4.78 is 58.4. The second-order valence-electron chi connectivity index (χ2n) is 10.1. The molecule has 1 aliphatic carbocycles. The van der Waals surface area contributed by atoms with Crippen molar-refractivity contribution in [3.63, 3.8) is 0 Å². The molecular formula is C29H27F4NO4. The van der Waals surface area contributed by atoms with Crippen LogP contribution in [0.3, 0.4) is 0 Å². The maximum absolute atomic E-state index is 13.7. The average Bonchev–Trinajstić information content (AvgIpc) is 3.18. The molecule has 0 heterocycles. The monoisotopic (exact) mass is 529 g/mol. The summed E-state index contributed by atoms with van der Waals surface area (Å²) in [4.78, 5) is 24.6. The second-order valence-corrected chi connectivity index (χ2v) is 10.1. The van der Waals surface area contributed by atoms with Gasteiger partial charge in [-0.15, -0.1) is 0 Å². The number of ether oxygens (including phenoxy) is 1. The first-order chi connectivity index (χ1) is 17.9. The number of rotatable bonds is 8. The maximum Gasteiger partial charge on any atom is 0.419 e. The smallest absolute Gasteiger partial charge is 0.419 e. The number of carboxylic acid groups (broad SMARTS) is 1. The van der Waals surface area contributed by atoms with Gasteiger partial charge in [-0.2, -0.15) is 13.2 Å². The molecule has 1 amide bonds. The molecule has 0 bridgehead atoms. The minimum atomic E-state index is -4.90. The number of halogens is 4. The molecule has 0 unspecified atom stereocenters. The molecule has 4 rings (SSSR count). The molecule has 0 saturated carbocycles. The molecule has 0 fully saturated rings. The van der Waals surface area contributed by atoms with Crippen LogP contribution in [0.15, 0.2) is 66.7 Å². The van der Waals surface area contributed by atoms with Crippen molar-refractivity contribution in [1.82, 2.24) is 5.32 Å². The van der Waals surface area contributed by atoms with Gasteiger partial charge >= 0.3 is 18.2 Å². The van der Waals surface area contributed by atoms with Crippen molar-refractivity contribution in [1.29, 1.82) is 0 Å². The molecular weight excluding hydrogens is 502 g/mol. The predicted octanol–water partition coefficient (Wildman–Crippen LogP) is 6.65. The van der Waals surface area contributed by atoms with Crippen LogP contribution in [0.25, 0.3) is 11.1 Å². The summed E-state index contributed by atoms with van der Waals surface area (Å²) >= 11 is 0. The van der Waals surface area contributed by atoms with Crippen LogP contribution < -0.4 is 5.32 Å². The molecule has 38 heavy (non-hydrogen) atoms. The van der Waals surface area contributed by atoms with E-state index in [1.54, 1.807) is 13.8 Å². The average molecular weight is 530 g/mol. The highest BCUT2D eigenvalue weighted by Gasteiger charge is 2.38. The summed E-state index contributed by atoms with van der Waals surface area (Å²) in [6, 6.07) is 18.2. The first-order valence-corrected chi connectivity index (χ1v) is 12.1. The normalized spacial score (nSPS) is 13.9. The van der Waals surface area contributed by atoms with E-state index in [-0.39, 0.29) is 31.1 Å². The largest absolute Gasteiger partial charge is 0.481 e. The van der Waals surface area contributed by atoms with Crippen molar-refractivity contribution in [2.75, 3.05) is 13.2 Å². The van der Waals surface area contributed by atoms with Crippen LogP contribution in [0.1, 0.15) is 42.0 Å². The Morgan fingerprint density at radius 3 is 2.11 bits per heavy atom. The van der Waals surface area contributed by atoms with Crippen LogP contribution in [-0.4, -0.2) is 30.3 Å². The minimum absolute atomic E-state index is 0.0281. The third kappa shape index (κ3) is 5.66. The number of amides is 1. The molecule has 0 radical (unpaired) electrons. The van der Waals surface area contributed by atoms with Crippen LogP contribution in [0, 0.1) is 17.2 Å². The molecule has 0 aliphatic heterocycles. The highest BCUT2D eigenvalue weighted by atomic mass is 19.4. The lowest BCUT2D eigenvalue weighted by molar-refractivity contribution is -0.145. The van der Waals surface area contributed by atoms with Gasteiger partial charge in [0.25, 0.3) is 0 Å². The van der Waals surface area contributed by atoms with Gasteiger partial charge in [-0.25, -0.2) is 9.18 Å². The number of alkyl carbamates (subject to hydrolysis) is 1. The fourth-order valence-electron chi connectivity index (χ4n) is 4.92. The third-order valence-corrected chi connectivity index (χ3v) is 7.05. The Bertz CT molecular complexity index is 1310. The number of nitrogens with one attached hydrogen (secondary N) is 1. The Kier molecular flexibility index (Phi) is 7.49. The lowest BCUT2D eigenvalue weighted by Crippen LogP contribution is -2.42. The molecule has 3 aromatic rings. The lowest BCUT2D eigenvalue weighted by Gasteiger charge is -2.32. The van der Waals surface area contributed by atoms with Crippen molar-refractivity contribution in [3.8, 4) is 11.1 Å². The van der Waals surface area contributed by atoms with Gasteiger partial charge in [-0.05, 0) is 51.8 Å². The molecule has 0 aromatic heterocycles. The van der Waals surface area contributed by atoms with Crippen molar-refractivity contribution >= 4 is 12.1 Å². The van der Waals surface area contributed by atoms with E-state index in [1.807, 2.05) is 48.5 Å². The summed E-state index contributed by atoms with van der Waals surface area (Å²) in [5.41, 5.74) is 1.77. The summed E-state index contributed by atoms with van der Waals surface area (Å²) in [6.07, 6.45) is -5.91. The number of alkyl halides is 3. The number of aliphatic carboxylic acids is 1. The number of carboxylic acids is 1. The van der Waals surface area contributed by atoms with Crippen LogP contribution in [-0.2, 0) is 22.1 Å². The van der Waals surface area contributed by atoms with Crippen molar-refractivity contribution in [2.45, 2.75) is 32.4 Å². The predicted molar refractivity (Wildman–Crippen MR) is 133 cm³/mol. The number of benzene rings is 3. The zero-order valence-corrected chi connectivity index (χ0v) is 20.8. The van der Waals surface area contributed by atoms with Gasteiger partial charge in [0.2, 0.25) is 0 Å². The number of carbonyl (C=O) groups excluding carboxylic acids is 1. The van der Waals surface area contributed by atoms with Crippen molar-refractivity contribution in [2.24, 2.45) is 11.3 Å².